The zero-order chi connectivity index (χ0) is 12.4. The minimum absolute atomic E-state index is 0.643. The van der Waals surface area contributed by atoms with Crippen LogP contribution in [0.25, 0.3) is 0 Å². The molecule has 0 unspecified atom stereocenters. The Hall–Kier alpha value is -0.995. The van der Waals surface area contributed by atoms with Crippen molar-refractivity contribution in [3.05, 3.63) is 23.3 Å². The summed E-state index contributed by atoms with van der Waals surface area (Å²) in [6.45, 7) is 6.06. The lowest BCUT2D eigenvalue weighted by atomic mass is 9.76. The van der Waals surface area contributed by atoms with Crippen LogP contribution in [0.2, 0.25) is 0 Å². The van der Waals surface area contributed by atoms with E-state index in [9.17, 15) is 10.0 Å². The maximum atomic E-state index is 9.51. The number of anilines is 1. The van der Waals surface area contributed by atoms with Crippen molar-refractivity contribution in [3.8, 4) is 0 Å². The maximum absolute atomic E-state index is 9.51. The highest BCUT2D eigenvalue weighted by molar-refractivity contribution is 6.60. The first-order valence-corrected chi connectivity index (χ1v) is 6.32. The minimum Gasteiger partial charge on any atom is -0.423 e. The molecule has 2 N–H and O–H groups in total. The monoisotopic (exact) mass is 233 g/mol. The summed E-state index contributed by atoms with van der Waals surface area (Å²) < 4.78 is 0. The van der Waals surface area contributed by atoms with Gasteiger partial charge in [0.2, 0.25) is 0 Å². The predicted octanol–water partition coefficient (Wildman–Crippen LogP) is 0.974. The topological polar surface area (TPSA) is 43.7 Å². The number of aryl methyl sites for hydroxylation is 2. The van der Waals surface area contributed by atoms with E-state index in [0.717, 1.165) is 29.9 Å². The molecule has 1 fully saturated rings. The molecule has 92 valence electrons. The third kappa shape index (κ3) is 2.64. The smallest absolute Gasteiger partial charge is 0.423 e. The van der Waals surface area contributed by atoms with Gasteiger partial charge >= 0.3 is 7.12 Å². The molecule has 1 aromatic rings. The fraction of sp³-hybridized carbons (Fsp3) is 0.538. The highest BCUT2D eigenvalue weighted by Gasteiger charge is 2.23. The van der Waals surface area contributed by atoms with Gasteiger partial charge in [0.25, 0.3) is 0 Å². The summed E-state index contributed by atoms with van der Waals surface area (Å²) in [6.07, 6.45) is 3.65. The fourth-order valence-corrected chi connectivity index (χ4v) is 2.74. The average molecular weight is 233 g/mol. The maximum Gasteiger partial charge on any atom is 0.490 e. The Kier molecular flexibility index (Phi) is 3.74. The van der Waals surface area contributed by atoms with Gasteiger partial charge in [0.1, 0.15) is 0 Å². The molecule has 3 nitrogen and oxygen atoms in total. The van der Waals surface area contributed by atoms with Gasteiger partial charge in [-0.3, -0.25) is 0 Å². The van der Waals surface area contributed by atoms with E-state index in [1.807, 2.05) is 19.9 Å². The normalized spacial score (nSPS) is 16.1. The van der Waals surface area contributed by atoms with E-state index < -0.39 is 7.12 Å². The molecule has 0 saturated carbocycles. The second-order valence-electron chi connectivity index (χ2n) is 4.94. The van der Waals surface area contributed by atoms with Gasteiger partial charge in [-0.15, -0.1) is 0 Å². The Balaban J connectivity index is 2.42. The molecule has 1 aliphatic heterocycles. The lowest BCUT2D eigenvalue weighted by Gasteiger charge is -2.32. The number of piperidine rings is 1. The molecule has 1 heterocycles. The van der Waals surface area contributed by atoms with Gasteiger partial charge in [0, 0.05) is 24.2 Å². The Bertz CT molecular complexity index is 401. The molecule has 0 aliphatic carbocycles. The molecule has 0 amide bonds. The highest BCUT2D eigenvalue weighted by Crippen LogP contribution is 2.23. The molecule has 0 radical (unpaired) electrons. The number of hydrogen-bond donors (Lipinski definition) is 2. The first-order chi connectivity index (χ1) is 8.09. The second kappa shape index (κ2) is 5.11. The first-order valence-electron chi connectivity index (χ1n) is 6.32. The second-order valence-corrected chi connectivity index (χ2v) is 4.94. The van der Waals surface area contributed by atoms with Crippen LogP contribution >= 0.6 is 0 Å². The van der Waals surface area contributed by atoms with Crippen LogP contribution < -0.4 is 10.4 Å². The largest absolute Gasteiger partial charge is 0.490 e. The van der Waals surface area contributed by atoms with Crippen molar-refractivity contribution >= 4 is 18.3 Å². The van der Waals surface area contributed by atoms with Gasteiger partial charge in [-0.25, -0.2) is 0 Å². The van der Waals surface area contributed by atoms with Gasteiger partial charge in [0.05, 0.1) is 0 Å². The number of benzene rings is 1. The molecule has 0 aromatic heterocycles. The molecule has 0 bridgehead atoms. The van der Waals surface area contributed by atoms with Gasteiger partial charge in [-0.2, -0.15) is 0 Å². The zero-order valence-corrected chi connectivity index (χ0v) is 10.6. The standard InChI is InChI=1S/C13H20BNO2/c1-10-8-11(2)13(12(9-10)14(16)17)15-6-4-3-5-7-15/h8-9,16-17H,3-7H2,1-2H3. The zero-order valence-electron chi connectivity index (χ0n) is 10.6. The van der Waals surface area contributed by atoms with E-state index in [2.05, 4.69) is 11.0 Å². The van der Waals surface area contributed by atoms with Crippen molar-refractivity contribution in [2.24, 2.45) is 0 Å². The van der Waals surface area contributed by atoms with Crippen LogP contribution in [0.3, 0.4) is 0 Å². The Morgan fingerprint density at radius 2 is 1.71 bits per heavy atom. The van der Waals surface area contributed by atoms with E-state index in [1.54, 1.807) is 0 Å². The molecule has 4 heteroatoms. The van der Waals surface area contributed by atoms with Crippen molar-refractivity contribution in [1.82, 2.24) is 0 Å². The molecule has 1 aliphatic rings. The van der Waals surface area contributed by atoms with Crippen LogP contribution in [0.5, 0.6) is 0 Å². The van der Waals surface area contributed by atoms with E-state index in [-0.39, 0.29) is 0 Å². The lowest BCUT2D eigenvalue weighted by molar-refractivity contribution is 0.425. The van der Waals surface area contributed by atoms with Gasteiger partial charge in [-0.05, 0) is 38.7 Å². The summed E-state index contributed by atoms with van der Waals surface area (Å²) in [5, 5.41) is 19.0. The van der Waals surface area contributed by atoms with Crippen molar-refractivity contribution in [1.29, 1.82) is 0 Å². The van der Waals surface area contributed by atoms with E-state index >= 15 is 0 Å². The highest BCUT2D eigenvalue weighted by atomic mass is 16.4. The van der Waals surface area contributed by atoms with Crippen LogP contribution in [-0.2, 0) is 0 Å². The number of rotatable bonds is 2. The first kappa shape index (κ1) is 12.5. The molecular weight excluding hydrogens is 213 g/mol. The Morgan fingerprint density at radius 3 is 2.29 bits per heavy atom. The van der Waals surface area contributed by atoms with Gasteiger partial charge in [-0.1, -0.05) is 17.7 Å². The van der Waals surface area contributed by atoms with Crippen LogP contribution in [0.1, 0.15) is 30.4 Å². The summed E-state index contributed by atoms with van der Waals surface area (Å²) in [4.78, 5) is 2.28. The molecule has 0 spiro atoms. The molecule has 2 rings (SSSR count). The molecule has 1 aromatic carbocycles. The quantitative estimate of drug-likeness (QED) is 0.748. The number of nitrogens with zero attached hydrogens (tertiary/aromatic N) is 1. The summed E-state index contributed by atoms with van der Waals surface area (Å²) in [7, 11) is -1.38. The average Bonchev–Trinajstić information content (AvgIpc) is 2.29. The molecule has 0 atom stereocenters. The fourth-order valence-electron chi connectivity index (χ4n) is 2.74. The van der Waals surface area contributed by atoms with Gasteiger partial charge < -0.3 is 14.9 Å². The Labute approximate surface area is 103 Å². The van der Waals surface area contributed by atoms with Crippen LogP contribution in [0.4, 0.5) is 5.69 Å². The number of hydrogen-bond acceptors (Lipinski definition) is 3. The van der Waals surface area contributed by atoms with Crippen molar-refractivity contribution in [3.63, 3.8) is 0 Å². The van der Waals surface area contributed by atoms with Crippen LogP contribution in [0.15, 0.2) is 12.1 Å². The summed E-state index contributed by atoms with van der Waals surface area (Å²) >= 11 is 0. The Morgan fingerprint density at radius 1 is 1.06 bits per heavy atom. The predicted molar refractivity (Wildman–Crippen MR) is 71.8 cm³/mol. The van der Waals surface area contributed by atoms with Crippen LogP contribution in [-0.4, -0.2) is 30.3 Å². The van der Waals surface area contributed by atoms with E-state index in [4.69, 9.17) is 0 Å². The van der Waals surface area contributed by atoms with Crippen molar-refractivity contribution < 1.29 is 10.0 Å². The summed E-state index contributed by atoms with van der Waals surface area (Å²) in [6, 6.07) is 3.98. The van der Waals surface area contributed by atoms with Crippen molar-refractivity contribution in [2.75, 3.05) is 18.0 Å². The third-order valence-corrected chi connectivity index (χ3v) is 3.42. The summed E-state index contributed by atoms with van der Waals surface area (Å²) in [5.41, 5.74) is 3.87. The summed E-state index contributed by atoms with van der Waals surface area (Å²) in [5.74, 6) is 0. The van der Waals surface area contributed by atoms with E-state index in [0.29, 0.717) is 5.46 Å². The van der Waals surface area contributed by atoms with Gasteiger partial charge in [0.15, 0.2) is 0 Å². The van der Waals surface area contributed by atoms with E-state index in [1.165, 1.54) is 19.3 Å². The third-order valence-electron chi connectivity index (χ3n) is 3.42. The lowest BCUT2D eigenvalue weighted by Crippen LogP contribution is -2.40. The molecule has 17 heavy (non-hydrogen) atoms. The van der Waals surface area contributed by atoms with Crippen molar-refractivity contribution in [2.45, 2.75) is 33.1 Å². The van der Waals surface area contributed by atoms with Crippen LogP contribution in [0, 0.1) is 13.8 Å². The molecule has 1 saturated heterocycles. The SMILES string of the molecule is Cc1cc(C)c(N2CCCCC2)c(B(O)O)c1. The minimum atomic E-state index is -1.38. The molecular formula is C13H20BNO2.